The van der Waals surface area contributed by atoms with E-state index in [1.54, 1.807) is 19.1 Å². The molecule has 18 heavy (non-hydrogen) atoms. The molecule has 1 fully saturated rings. The van der Waals surface area contributed by atoms with Crippen molar-refractivity contribution in [3.8, 4) is 0 Å². The number of benzene rings is 1. The van der Waals surface area contributed by atoms with Crippen LogP contribution < -0.4 is 10.2 Å². The van der Waals surface area contributed by atoms with Crippen LogP contribution >= 0.6 is 0 Å². The molecule has 1 aliphatic heterocycles. The Morgan fingerprint density at radius 3 is 2.44 bits per heavy atom. The van der Waals surface area contributed by atoms with E-state index in [-0.39, 0.29) is 17.2 Å². The Kier molecular flexibility index (Phi) is 3.11. The van der Waals surface area contributed by atoms with Crippen LogP contribution in [0.2, 0.25) is 0 Å². The molecule has 1 aromatic rings. The zero-order chi connectivity index (χ0) is 13.3. The van der Waals surface area contributed by atoms with E-state index >= 15 is 0 Å². The summed E-state index contributed by atoms with van der Waals surface area (Å²) in [5.74, 6) is 0.0853. The fourth-order valence-corrected chi connectivity index (χ4v) is 2.14. The van der Waals surface area contributed by atoms with E-state index < -0.39 is 0 Å². The minimum absolute atomic E-state index is 0.0324. The van der Waals surface area contributed by atoms with Gasteiger partial charge in [0.15, 0.2) is 5.78 Å². The Bertz CT molecular complexity index is 477. The van der Waals surface area contributed by atoms with Gasteiger partial charge in [-0.05, 0) is 45.0 Å². The van der Waals surface area contributed by atoms with Crippen molar-refractivity contribution >= 4 is 17.4 Å². The van der Waals surface area contributed by atoms with Gasteiger partial charge in [0, 0.05) is 17.8 Å². The number of carbonyl (C=O) groups excluding carboxylic acids is 2. The summed E-state index contributed by atoms with van der Waals surface area (Å²) >= 11 is 0. The molecular weight excluding hydrogens is 228 g/mol. The minimum Gasteiger partial charge on any atom is -0.355 e. The second-order valence-electron chi connectivity index (χ2n) is 5.28. The number of rotatable bonds is 2. The zero-order valence-corrected chi connectivity index (χ0v) is 11.0. The molecule has 2 rings (SSSR count). The lowest BCUT2D eigenvalue weighted by Gasteiger charge is -2.43. The highest BCUT2D eigenvalue weighted by Crippen LogP contribution is 2.25. The van der Waals surface area contributed by atoms with Crippen LogP contribution in [0.15, 0.2) is 24.3 Å². The van der Waals surface area contributed by atoms with E-state index in [1.807, 2.05) is 12.1 Å². The molecule has 0 saturated carbocycles. The summed E-state index contributed by atoms with van der Waals surface area (Å²) in [5, 5.41) is 2.87. The number of amides is 1. The predicted octanol–water partition coefficient (Wildman–Crippen LogP) is 1.60. The Morgan fingerprint density at radius 1 is 1.28 bits per heavy atom. The topological polar surface area (TPSA) is 49.4 Å². The fraction of sp³-hybridized carbons (Fsp3) is 0.429. The van der Waals surface area contributed by atoms with Crippen molar-refractivity contribution in [3.05, 3.63) is 29.8 Å². The maximum absolute atomic E-state index is 11.5. The van der Waals surface area contributed by atoms with Gasteiger partial charge in [-0.2, -0.15) is 0 Å². The first-order valence-electron chi connectivity index (χ1n) is 6.05. The molecule has 1 amide bonds. The highest BCUT2D eigenvalue weighted by atomic mass is 16.2. The van der Waals surface area contributed by atoms with Crippen LogP contribution in [-0.4, -0.2) is 30.3 Å². The van der Waals surface area contributed by atoms with Crippen molar-refractivity contribution in [3.63, 3.8) is 0 Å². The van der Waals surface area contributed by atoms with Crippen molar-refractivity contribution in [1.29, 1.82) is 0 Å². The molecule has 1 aliphatic rings. The third-order valence-corrected chi connectivity index (χ3v) is 3.34. The fourth-order valence-electron chi connectivity index (χ4n) is 2.14. The van der Waals surface area contributed by atoms with E-state index in [2.05, 4.69) is 24.1 Å². The molecule has 1 N–H and O–H groups in total. The number of nitrogens with one attached hydrogen (secondary N) is 1. The van der Waals surface area contributed by atoms with Gasteiger partial charge in [0.1, 0.15) is 0 Å². The largest absolute Gasteiger partial charge is 0.355 e. The highest BCUT2D eigenvalue weighted by Gasteiger charge is 2.33. The third kappa shape index (κ3) is 2.37. The van der Waals surface area contributed by atoms with Crippen molar-refractivity contribution in [1.82, 2.24) is 5.32 Å². The predicted molar refractivity (Wildman–Crippen MR) is 70.9 cm³/mol. The molecule has 96 valence electrons. The molecule has 1 heterocycles. The number of nitrogens with zero attached hydrogens (tertiary/aromatic N) is 1. The van der Waals surface area contributed by atoms with E-state index in [0.717, 1.165) is 5.69 Å². The quantitative estimate of drug-likeness (QED) is 0.806. The van der Waals surface area contributed by atoms with Crippen LogP contribution in [0.25, 0.3) is 0 Å². The summed E-state index contributed by atoms with van der Waals surface area (Å²) in [6.45, 7) is 6.71. The lowest BCUT2D eigenvalue weighted by atomic mass is 9.98. The van der Waals surface area contributed by atoms with E-state index in [9.17, 15) is 9.59 Å². The average Bonchev–Trinajstić information content (AvgIpc) is 2.32. The maximum Gasteiger partial charge on any atom is 0.239 e. The first kappa shape index (κ1) is 12.6. The standard InChI is InChI=1S/C14H18N2O2/c1-10(17)11-4-6-12(7-5-11)16-8-13(18)15-9-14(16,2)3/h4-7H,8-9H2,1-3H3,(H,15,18). The Morgan fingerprint density at radius 2 is 1.89 bits per heavy atom. The van der Waals surface area contributed by atoms with Gasteiger partial charge in [0.2, 0.25) is 5.91 Å². The van der Waals surface area contributed by atoms with Crippen LogP contribution in [0.5, 0.6) is 0 Å². The number of hydrogen-bond acceptors (Lipinski definition) is 3. The summed E-state index contributed by atoms with van der Waals surface area (Å²) in [6, 6.07) is 7.41. The molecule has 0 aromatic heterocycles. The van der Waals surface area contributed by atoms with E-state index in [0.29, 0.717) is 18.7 Å². The van der Waals surface area contributed by atoms with Crippen molar-refractivity contribution in [2.24, 2.45) is 0 Å². The average molecular weight is 246 g/mol. The molecule has 0 bridgehead atoms. The smallest absolute Gasteiger partial charge is 0.239 e. The summed E-state index contributed by atoms with van der Waals surface area (Å²) in [5.41, 5.74) is 1.55. The maximum atomic E-state index is 11.5. The molecule has 0 unspecified atom stereocenters. The normalized spacial score (nSPS) is 18.4. The molecule has 0 atom stereocenters. The van der Waals surface area contributed by atoms with Crippen molar-refractivity contribution in [2.75, 3.05) is 18.0 Å². The van der Waals surface area contributed by atoms with Crippen LogP contribution in [-0.2, 0) is 4.79 Å². The van der Waals surface area contributed by atoms with Crippen LogP contribution in [0, 0.1) is 0 Å². The summed E-state index contributed by atoms with van der Waals surface area (Å²) < 4.78 is 0. The number of carbonyl (C=O) groups is 2. The molecule has 1 aromatic carbocycles. The molecule has 1 saturated heterocycles. The molecule has 0 aliphatic carbocycles. The zero-order valence-electron chi connectivity index (χ0n) is 11.0. The SMILES string of the molecule is CC(=O)c1ccc(N2CC(=O)NCC2(C)C)cc1. The van der Waals surface area contributed by atoms with Crippen molar-refractivity contribution in [2.45, 2.75) is 26.3 Å². The monoisotopic (exact) mass is 246 g/mol. The molecule has 0 radical (unpaired) electrons. The lowest BCUT2D eigenvalue weighted by molar-refractivity contribution is -0.121. The number of piperazine rings is 1. The van der Waals surface area contributed by atoms with Gasteiger partial charge in [-0.25, -0.2) is 0 Å². The van der Waals surface area contributed by atoms with Gasteiger partial charge in [-0.15, -0.1) is 0 Å². The second-order valence-corrected chi connectivity index (χ2v) is 5.28. The van der Waals surface area contributed by atoms with Gasteiger partial charge in [0.25, 0.3) is 0 Å². The van der Waals surface area contributed by atoms with Crippen molar-refractivity contribution < 1.29 is 9.59 Å². The highest BCUT2D eigenvalue weighted by molar-refractivity contribution is 5.94. The molecule has 0 spiro atoms. The third-order valence-electron chi connectivity index (χ3n) is 3.34. The molecule has 4 heteroatoms. The summed E-state index contributed by atoms with van der Waals surface area (Å²) in [7, 11) is 0. The number of Topliss-reactive ketones (excluding diaryl/α,β-unsaturated/α-hetero) is 1. The number of hydrogen-bond donors (Lipinski definition) is 1. The van der Waals surface area contributed by atoms with Gasteiger partial charge in [-0.3, -0.25) is 9.59 Å². The molecular formula is C14H18N2O2. The number of ketones is 1. The van der Waals surface area contributed by atoms with E-state index in [4.69, 9.17) is 0 Å². The van der Waals surface area contributed by atoms with Gasteiger partial charge < -0.3 is 10.2 Å². The van der Waals surface area contributed by atoms with E-state index in [1.165, 1.54) is 0 Å². The second kappa shape index (κ2) is 4.44. The van der Waals surface area contributed by atoms with Crippen LogP contribution in [0.4, 0.5) is 5.69 Å². The van der Waals surface area contributed by atoms with Gasteiger partial charge in [-0.1, -0.05) is 0 Å². The Balaban J connectivity index is 2.28. The Hall–Kier alpha value is -1.84. The van der Waals surface area contributed by atoms with Gasteiger partial charge >= 0.3 is 0 Å². The Labute approximate surface area is 107 Å². The van der Waals surface area contributed by atoms with Gasteiger partial charge in [0.05, 0.1) is 12.1 Å². The number of anilines is 1. The summed E-state index contributed by atoms with van der Waals surface area (Å²) in [6.07, 6.45) is 0. The van der Waals surface area contributed by atoms with Crippen LogP contribution in [0.3, 0.4) is 0 Å². The lowest BCUT2D eigenvalue weighted by Crippen LogP contribution is -2.60. The summed E-state index contributed by atoms with van der Waals surface area (Å²) in [4.78, 5) is 24.8. The first-order chi connectivity index (χ1) is 8.40. The van der Waals surface area contributed by atoms with Crippen LogP contribution in [0.1, 0.15) is 31.1 Å². The minimum atomic E-state index is -0.119. The first-order valence-corrected chi connectivity index (χ1v) is 6.05. The molecule has 4 nitrogen and oxygen atoms in total.